The smallest absolute Gasteiger partial charge is 0.240 e. The Morgan fingerprint density at radius 3 is 2.00 bits per heavy atom. The highest BCUT2D eigenvalue weighted by Crippen LogP contribution is 2.14. The molecule has 0 bridgehead atoms. The Labute approximate surface area is 154 Å². The first-order chi connectivity index (χ1) is 10.7. The number of nitrogens with two attached hydrogens (primary N) is 1. The number of hydrogen-bond acceptors (Lipinski definition) is 4. The van der Waals surface area contributed by atoms with E-state index < -0.39 is 10.0 Å². The molecule has 0 aliphatic heterocycles. The monoisotopic (exact) mass is 453 g/mol. The Morgan fingerprint density at radius 2 is 1.57 bits per heavy atom. The fraction of sp³-hybridized carbons (Fsp3) is 0.625. The molecule has 0 unspecified atom stereocenters. The summed E-state index contributed by atoms with van der Waals surface area (Å²) in [6, 6.07) is 6.84. The number of sulfonamides is 1. The first-order valence-corrected chi connectivity index (χ1v) is 10.4. The minimum absolute atomic E-state index is 0.173. The van der Waals surface area contributed by atoms with Gasteiger partial charge in [0, 0.05) is 28.7 Å². The van der Waals surface area contributed by atoms with Gasteiger partial charge in [-0.1, -0.05) is 27.7 Å². The zero-order valence-electron chi connectivity index (χ0n) is 14.2. The van der Waals surface area contributed by atoms with Crippen LogP contribution in [0.15, 0.2) is 29.2 Å². The third kappa shape index (κ3) is 6.66. The van der Waals surface area contributed by atoms with Gasteiger partial charge in [0.1, 0.15) is 0 Å². The first-order valence-electron chi connectivity index (χ1n) is 7.88. The quantitative estimate of drug-likeness (QED) is 0.501. The summed E-state index contributed by atoms with van der Waals surface area (Å²) in [7, 11) is -3.52. The number of nitrogens with one attached hydrogen (secondary N) is 2. The van der Waals surface area contributed by atoms with E-state index in [1.54, 1.807) is 24.3 Å². The third-order valence-electron chi connectivity index (χ3n) is 3.89. The summed E-state index contributed by atoms with van der Waals surface area (Å²) in [4.78, 5) is 0.294. The molecule has 0 aromatic heterocycles. The van der Waals surface area contributed by atoms with Gasteiger partial charge in [-0.15, -0.1) is 0 Å². The van der Waals surface area contributed by atoms with Crippen molar-refractivity contribution in [2.75, 3.05) is 13.1 Å². The molecule has 4 N–H and O–H groups in total. The number of rotatable bonds is 9. The molecule has 2 atom stereocenters. The van der Waals surface area contributed by atoms with Crippen LogP contribution in [0.2, 0.25) is 0 Å². The molecular formula is C16H28IN3O2S. The maximum absolute atomic E-state index is 12.5. The second kappa shape index (κ2) is 9.31. The van der Waals surface area contributed by atoms with Crippen molar-refractivity contribution in [3.63, 3.8) is 0 Å². The van der Waals surface area contributed by atoms with E-state index in [1.165, 1.54) is 0 Å². The lowest BCUT2D eigenvalue weighted by molar-refractivity contribution is 0.354. The molecular weight excluding hydrogens is 425 g/mol. The molecule has 1 rings (SSSR count). The van der Waals surface area contributed by atoms with Gasteiger partial charge in [-0.3, -0.25) is 0 Å². The Hall–Kier alpha value is -0.220. The van der Waals surface area contributed by atoms with E-state index in [0.29, 0.717) is 23.9 Å². The van der Waals surface area contributed by atoms with Gasteiger partial charge in [0.25, 0.3) is 0 Å². The van der Waals surface area contributed by atoms with Crippen LogP contribution in [0.3, 0.4) is 0 Å². The predicted molar refractivity (Wildman–Crippen MR) is 104 cm³/mol. The van der Waals surface area contributed by atoms with Crippen LogP contribution in [-0.2, 0) is 10.0 Å². The maximum atomic E-state index is 12.5. The van der Waals surface area contributed by atoms with Crippen molar-refractivity contribution < 1.29 is 8.42 Å². The van der Waals surface area contributed by atoms with Gasteiger partial charge in [-0.05, 0) is 58.7 Å². The SMILES string of the molecule is CC(C)[C@H](CN)NC[C@H](NS(=O)(=O)c1ccc(I)cc1)C(C)C. The largest absolute Gasteiger partial charge is 0.329 e. The Morgan fingerprint density at radius 1 is 1.04 bits per heavy atom. The van der Waals surface area contributed by atoms with Crippen LogP contribution in [0.5, 0.6) is 0 Å². The minimum Gasteiger partial charge on any atom is -0.329 e. The second-order valence-corrected chi connectivity index (χ2v) is 9.38. The molecule has 1 aromatic carbocycles. The van der Waals surface area contributed by atoms with Crippen molar-refractivity contribution in [3.05, 3.63) is 27.8 Å². The van der Waals surface area contributed by atoms with Crippen LogP contribution >= 0.6 is 22.6 Å². The van der Waals surface area contributed by atoms with E-state index in [2.05, 4.69) is 46.5 Å². The van der Waals surface area contributed by atoms with Crippen LogP contribution < -0.4 is 15.8 Å². The molecule has 0 amide bonds. The van der Waals surface area contributed by atoms with E-state index in [9.17, 15) is 8.42 Å². The van der Waals surface area contributed by atoms with E-state index in [4.69, 9.17) is 5.73 Å². The summed E-state index contributed by atoms with van der Waals surface area (Å²) < 4.78 is 28.9. The lowest BCUT2D eigenvalue weighted by Gasteiger charge is -2.27. The zero-order valence-corrected chi connectivity index (χ0v) is 17.2. The minimum atomic E-state index is -3.52. The molecule has 1 aromatic rings. The fourth-order valence-electron chi connectivity index (χ4n) is 2.16. The molecule has 23 heavy (non-hydrogen) atoms. The van der Waals surface area contributed by atoms with E-state index in [-0.39, 0.29) is 18.0 Å². The average molecular weight is 453 g/mol. The first kappa shape index (κ1) is 20.8. The Kier molecular flexibility index (Phi) is 8.43. The number of benzene rings is 1. The van der Waals surface area contributed by atoms with E-state index >= 15 is 0 Å². The summed E-state index contributed by atoms with van der Waals surface area (Å²) in [5.41, 5.74) is 5.77. The van der Waals surface area contributed by atoms with Crippen molar-refractivity contribution in [1.29, 1.82) is 0 Å². The van der Waals surface area contributed by atoms with Crippen molar-refractivity contribution >= 4 is 32.6 Å². The average Bonchev–Trinajstić information content (AvgIpc) is 2.46. The van der Waals surface area contributed by atoms with Crippen LogP contribution in [0.1, 0.15) is 27.7 Å². The highest BCUT2D eigenvalue weighted by molar-refractivity contribution is 14.1. The zero-order chi connectivity index (χ0) is 17.6. The maximum Gasteiger partial charge on any atom is 0.240 e. The normalized spacial score (nSPS) is 15.1. The fourth-order valence-corrected chi connectivity index (χ4v) is 3.91. The highest BCUT2D eigenvalue weighted by Gasteiger charge is 2.23. The van der Waals surface area contributed by atoms with Gasteiger partial charge in [-0.2, -0.15) is 0 Å². The van der Waals surface area contributed by atoms with E-state index in [1.807, 2.05) is 13.8 Å². The van der Waals surface area contributed by atoms with Crippen molar-refractivity contribution in [3.8, 4) is 0 Å². The highest BCUT2D eigenvalue weighted by atomic mass is 127. The lowest BCUT2D eigenvalue weighted by atomic mass is 10.0. The summed E-state index contributed by atoms with van der Waals surface area (Å²) in [6.45, 7) is 9.31. The molecule has 0 aliphatic rings. The van der Waals surface area contributed by atoms with Crippen molar-refractivity contribution in [2.45, 2.75) is 44.7 Å². The molecule has 0 aliphatic carbocycles. The molecule has 0 radical (unpaired) electrons. The van der Waals surface area contributed by atoms with Crippen molar-refractivity contribution in [2.24, 2.45) is 17.6 Å². The van der Waals surface area contributed by atoms with Gasteiger partial charge in [0.15, 0.2) is 0 Å². The number of hydrogen-bond donors (Lipinski definition) is 3. The molecule has 7 heteroatoms. The molecule has 132 valence electrons. The molecule has 0 saturated carbocycles. The van der Waals surface area contributed by atoms with Crippen LogP contribution in [-0.4, -0.2) is 33.6 Å². The lowest BCUT2D eigenvalue weighted by Crippen LogP contribution is -2.50. The van der Waals surface area contributed by atoms with Gasteiger partial charge >= 0.3 is 0 Å². The summed E-state index contributed by atoms with van der Waals surface area (Å²) >= 11 is 2.15. The van der Waals surface area contributed by atoms with Crippen molar-refractivity contribution in [1.82, 2.24) is 10.0 Å². The summed E-state index contributed by atoms with van der Waals surface area (Å²) in [6.07, 6.45) is 0. The Balaban J connectivity index is 2.80. The molecule has 0 fully saturated rings. The predicted octanol–water partition coefficient (Wildman–Crippen LogP) is 2.17. The third-order valence-corrected chi connectivity index (χ3v) is 6.12. The summed E-state index contributed by atoms with van der Waals surface area (Å²) in [5, 5.41) is 3.38. The van der Waals surface area contributed by atoms with Crippen LogP contribution in [0.25, 0.3) is 0 Å². The van der Waals surface area contributed by atoms with Gasteiger partial charge in [-0.25, -0.2) is 13.1 Å². The van der Waals surface area contributed by atoms with Crippen LogP contribution in [0.4, 0.5) is 0 Å². The molecule has 0 spiro atoms. The van der Waals surface area contributed by atoms with Gasteiger partial charge in [0.05, 0.1) is 4.90 Å². The van der Waals surface area contributed by atoms with Crippen LogP contribution in [0, 0.1) is 15.4 Å². The van der Waals surface area contributed by atoms with Gasteiger partial charge in [0.2, 0.25) is 10.0 Å². The Bertz CT molecular complexity index is 573. The topological polar surface area (TPSA) is 84.2 Å². The number of halogens is 1. The second-order valence-electron chi connectivity index (χ2n) is 6.42. The standard InChI is InChI=1S/C16H28IN3O2S/c1-11(2)15(9-18)19-10-16(12(3)4)20-23(21,22)14-7-5-13(17)6-8-14/h5-8,11-12,15-16,19-20H,9-10,18H2,1-4H3/t15-,16-/m0/s1. The van der Waals surface area contributed by atoms with E-state index in [0.717, 1.165) is 3.57 Å². The summed E-state index contributed by atoms with van der Waals surface area (Å²) in [5.74, 6) is 0.576. The molecule has 5 nitrogen and oxygen atoms in total. The molecule has 0 saturated heterocycles. The molecule has 0 heterocycles. The van der Waals surface area contributed by atoms with Gasteiger partial charge < -0.3 is 11.1 Å².